The topological polar surface area (TPSA) is 52.3 Å². The fraction of sp³-hybridized carbons (Fsp3) is 0.500. The van der Waals surface area contributed by atoms with Crippen LogP contribution < -0.4 is 5.73 Å². The second-order valence-electron chi connectivity index (χ2n) is 4.61. The van der Waals surface area contributed by atoms with Crippen LogP contribution in [0.4, 0.5) is 0 Å². The fourth-order valence-electron chi connectivity index (χ4n) is 2.09. The van der Waals surface area contributed by atoms with Gasteiger partial charge >= 0.3 is 5.97 Å². The van der Waals surface area contributed by atoms with Crippen LogP contribution in [0, 0.1) is 0 Å². The van der Waals surface area contributed by atoms with Crippen molar-refractivity contribution < 1.29 is 9.53 Å². The molecule has 1 aliphatic rings. The van der Waals surface area contributed by atoms with Crippen molar-refractivity contribution in [1.82, 2.24) is 0 Å². The Bertz CT molecular complexity index is 386. The summed E-state index contributed by atoms with van der Waals surface area (Å²) in [5.41, 5.74) is 8.01. The van der Waals surface area contributed by atoms with E-state index in [4.69, 9.17) is 10.5 Å². The molecule has 3 heteroatoms. The third-order valence-electron chi connectivity index (χ3n) is 3.20. The molecule has 3 nitrogen and oxygen atoms in total. The smallest absolute Gasteiger partial charge is 0.323 e. The summed E-state index contributed by atoms with van der Waals surface area (Å²) >= 11 is 0. The first-order valence-electron chi connectivity index (χ1n) is 6.25. The van der Waals surface area contributed by atoms with Gasteiger partial charge in [-0.1, -0.05) is 37.6 Å². The number of unbranched alkanes of at least 4 members (excludes halogenated alkanes) is 1. The first kappa shape index (κ1) is 12.1. The van der Waals surface area contributed by atoms with Gasteiger partial charge in [0.1, 0.15) is 12.1 Å². The second kappa shape index (κ2) is 5.32. The van der Waals surface area contributed by atoms with Gasteiger partial charge in [-0.05, 0) is 24.0 Å². The Kier molecular flexibility index (Phi) is 3.79. The molecule has 1 saturated heterocycles. The Morgan fingerprint density at radius 2 is 2.06 bits per heavy atom. The zero-order chi connectivity index (χ0) is 12.3. The molecule has 1 heterocycles. The maximum absolute atomic E-state index is 11.2. The zero-order valence-electron chi connectivity index (χ0n) is 10.2. The van der Waals surface area contributed by atoms with E-state index in [2.05, 4.69) is 19.1 Å². The second-order valence-corrected chi connectivity index (χ2v) is 4.61. The zero-order valence-corrected chi connectivity index (χ0v) is 10.2. The molecule has 2 rings (SSSR count). The normalized spacial score (nSPS) is 23.8. The molecule has 0 saturated carbocycles. The van der Waals surface area contributed by atoms with Gasteiger partial charge in [-0.2, -0.15) is 0 Å². The lowest BCUT2D eigenvalue weighted by molar-refractivity contribution is -0.142. The van der Waals surface area contributed by atoms with Gasteiger partial charge in [0.05, 0.1) is 0 Å². The molecule has 0 amide bonds. The number of hydrogen-bond acceptors (Lipinski definition) is 3. The van der Waals surface area contributed by atoms with Crippen molar-refractivity contribution in [1.29, 1.82) is 0 Å². The van der Waals surface area contributed by atoms with Crippen LogP contribution >= 0.6 is 0 Å². The van der Waals surface area contributed by atoms with Crippen LogP contribution in [-0.4, -0.2) is 12.0 Å². The minimum absolute atomic E-state index is 0.155. The molecule has 2 atom stereocenters. The Hall–Kier alpha value is -1.35. The Labute approximate surface area is 102 Å². The lowest BCUT2D eigenvalue weighted by Crippen LogP contribution is -2.24. The molecule has 0 radical (unpaired) electrons. The number of esters is 1. The molecular weight excluding hydrogens is 214 g/mol. The highest BCUT2D eigenvalue weighted by Gasteiger charge is 2.32. The molecule has 1 aliphatic heterocycles. The van der Waals surface area contributed by atoms with Crippen molar-refractivity contribution >= 4 is 5.97 Å². The Balaban J connectivity index is 2.01. The van der Waals surface area contributed by atoms with Crippen LogP contribution in [0.5, 0.6) is 0 Å². The summed E-state index contributed by atoms with van der Waals surface area (Å²) in [6.45, 7) is 2.19. The van der Waals surface area contributed by atoms with E-state index >= 15 is 0 Å². The van der Waals surface area contributed by atoms with E-state index in [1.165, 1.54) is 18.4 Å². The highest BCUT2D eigenvalue weighted by Crippen LogP contribution is 2.29. The minimum Gasteiger partial charge on any atom is -0.456 e. The monoisotopic (exact) mass is 233 g/mol. The maximum atomic E-state index is 11.2. The number of rotatable bonds is 4. The molecule has 0 spiro atoms. The quantitative estimate of drug-likeness (QED) is 0.812. The van der Waals surface area contributed by atoms with Crippen LogP contribution in [-0.2, 0) is 16.0 Å². The highest BCUT2D eigenvalue weighted by molar-refractivity contribution is 5.77. The van der Waals surface area contributed by atoms with Crippen molar-refractivity contribution in [3.63, 3.8) is 0 Å². The van der Waals surface area contributed by atoms with Crippen LogP contribution in [0.25, 0.3) is 0 Å². The first-order valence-corrected chi connectivity index (χ1v) is 6.25. The van der Waals surface area contributed by atoms with Gasteiger partial charge in [0.15, 0.2) is 0 Å². The molecule has 2 unspecified atom stereocenters. The summed E-state index contributed by atoms with van der Waals surface area (Å²) < 4.78 is 5.22. The first-order chi connectivity index (χ1) is 8.20. The SMILES string of the molecule is CCCCc1ccc(C2CC(N)C(=O)O2)cc1. The maximum Gasteiger partial charge on any atom is 0.323 e. The van der Waals surface area contributed by atoms with Gasteiger partial charge in [-0.3, -0.25) is 4.79 Å². The molecule has 0 aliphatic carbocycles. The van der Waals surface area contributed by atoms with Crippen LogP contribution in [0.3, 0.4) is 0 Å². The minimum atomic E-state index is -0.459. The van der Waals surface area contributed by atoms with Crippen LogP contribution in [0.15, 0.2) is 24.3 Å². The highest BCUT2D eigenvalue weighted by atomic mass is 16.6. The summed E-state index contributed by atoms with van der Waals surface area (Å²) in [7, 11) is 0. The number of cyclic esters (lactones) is 1. The van der Waals surface area contributed by atoms with Crippen molar-refractivity contribution in [2.45, 2.75) is 44.8 Å². The van der Waals surface area contributed by atoms with Gasteiger partial charge in [0, 0.05) is 6.42 Å². The third-order valence-corrected chi connectivity index (χ3v) is 3.20. The van der Waals surface area contributed by atoms with Crippen molar-refractivity contribution in [2.75, 3.05) is 0 Å². The predicted molar refractivity (Wildman–Crippen MR) is 66.5 cm³/mol. The number of carbonyl (C=O) groups is 1. The van der Waals surface area contributed by atoms with Gasteiger partial charge < -0.3 is 10.5 Å². The average Bonchev–Trinajstić information content (AvgIpc) is 2.68. The molecule has 0 bridgehead atoms. The van der Waals surface area contributed by atoms with Crippen LogP contribution in [0.2, 0.25) is 0 Å². The standard InChI is InChI=1S/C14H19NO2/c1-2-3-4-10-5-7-11(8-6-10)13-9-12(15)14(16)17-13/h5-8,12-13H,2-4,9,15H2,1H3. The summed E-state index contributed by atoms with van der Waals surface area (Å²) in [6, 6.07) is 7.85. The van der Waals surface area contributed by atoms with Gasteiger partial charge in [0.2, 0.25) is 0 Å². The fourth-order valence-corrected chi connectivity index (χ4v) is 2.09. The Morgan fingerprint density at radius 3 is 2.59 bits per heavy atom. The van der Waals surface area contributed by atoms with E-state index in [-0.39, 0.29) is 12.1 Å². The number of carbonyl (C=O) groups excluding carboxylic acids is 1. The van der Waals surface area contributed by atoms with Crippen molar-refractivity contribution in [3.8, 4) is 0 Å². The van der Waals surface area contributed by atoms with E-state index in [9.17, 15) is 4.79 Å². The molecule has 0 aromatic heterocycles. The third kappa shape index (κ3) is 2.86. The molecule has 2 N–H and O–H groups in total. The summed E-state index contributed by atoms with van der Waals surface area (Å²) in [4.78, 5) is 11.2. The van der Waals surface area contributed by atoms with Gasteiger partial charge in [-0.25, -0.2) is 0 Å². The summed E-state index contributed by atoms with van der Waals surface area (Å²) in [5.74, 6) is -0.287. The number of hydrogen-bond donors (Lipinski definition) is 1. The predicted octanol–water partition coefficient (Wildman–Crippen LogP) is 2.34. The Morgan fingerprint density at radius 1 is 1.35 bits per heavy atom. The van der Waals surface area contributed by atoms with Crippen LogP contribution in [0.1, 0.15) is 43.4 Å². The van der Waals surface area contributed by atoms with Crippen molar-refractivity contribution in [3.05, 3.63) is 35.4 Å². The summed E-state index contributed by atoms with van der Waals surface area (Å²) in [5, 5.41) is 0. The lowest BCUT2D eigenvalue weighted by Gasteiger charge is -2.09. The van der Waals surface area contributed by atoms with E-state index in [0.717, 1.165) is 12.0 Å². The number of nitrogens with two attached hydrogens (primary N) is 1. The molecule has 92 valence electrons. The molecule has 1 aromatic rings. The molecular formula is C14H19NO2. The number of benzene rings is 1. The van der Waals surface area contributed by atoms with E-state index in [1.807, 2.05) is 12.1 Å². The van der Waals surface area contributed by atoms with Crippen molar-refractivity contribution in [2.24, 2.45) is 5.73 Å². The van der Waals surface area contributed by atoms with E-state index in [1.54, 1.807) is 0 Å². The van der Waals surface area contributed by atoms with Gasteiger partial charge in [-0.15, -0.1) is 0 Å². The average molecular weight is 233 g/mol. The largest absolute Gasteiger partial charge is 0.456 e. The summed E-state index contributed by atoms with van der Waals surface area (Å²) in [6.07, 6.45) is 3.96. The number of aryl methyl sites for hydroxylation is 1. The van der Waals surface area contributed by atoms with E-state index < -0.39 is 6.04 Å². The lowest BCUT2D eigenvalue weighted by atomic mass is 10.0. The number of ether oxygens (including phenoxy) is 1. The van der Waals surface area contributed by atoms with E-state index in [0.29, 0.717) is 6.42 Å². The molecule has 1 fully saturated rings. The van der Waals surface area contributed by atoms with Gasteiger partial charge in [0.25, 0.3) is 0 Å². The molecule has 1 aromatic carbocycles. The molecule has 17 heavy (non-hydrogen) atoms.